The van der Waals surface area contributed by atoms with Crippen LogP contribution in [0, 0.1) is 5.92 Å². The SMILES string of the molecule is CC(C)[C@@H](NS(C)(=O)=O)C(=O)NCc1ccco1. The Bertz CT molecular complexity index is 479. The zero-order valence-electron chi connectivity index (χ0n) is 10.6. The van der Waals surface area contributed by atoms with Gasteiger partial charge in [-0.15, -0.1) is 0 Å². The van der Waals surface area contributed by atoms with Crippen LogP contribution in [0.2, 0.25) is 0 Å². The fourth-order valence-electron chi connectivity index (χ4n) is 1.42. The van der Waals surface area contributed by atoms with Crippen molar-refractivity contribution in [3.05, 3.63) is 24.2 Å². The van der Waals surface area contributed by atoms with Crippen LogP contribution >= 0.6 is 0 Å². The predicted molar refractivity (Wildman–Crippen MR) is 67.2 cm³/mol. The summed E-state index contributed by atoms with van der Waals surface area (Å²) in [6.45, 7) is 3.78. The molecule has 0 aliphatic carbocycles. The van der Waals surface area contributed by atoms with E-state index in [1.165, 1.54) is 6.26 Å². The average molecular weight is 274 g/mol. The molecule has 1 amide bonds. The first-order valence-corrected chi connectivity index (χ1v) is 7.46. The lowest BCUT2D eigenvalue weighted by Gasteiger charge is -2.20. The number of rotatable bonds is 6. The molecule has 1 atom stereocenters. The van der Waals surface area contributed by atoms with E-state index in [1.54, 1.807) is 26.0 Å². The fourth-order valence-corrected chi connectivity index (χ4v) is 2.26. The Morgan fingerprint density at radius 1 is 1.44 bits per heavy atom. The first kappa shape index (κ1) is 14.7. The van der Waals surface area contributed by atoms with Crippen LogP contribution in [0.4, 0.5) is 0 Å². The van der Waals surface area contributed by atoms with Gasteiger partial charge in [0.2, 0.25) is 15.9 Å². The van der Waals surface area contributed by atoms with Crippen molar-refractivity contribution in [1.29, 1.82) is 0 Å². The molecule has 0 aliphatic heterocycles. The van der Waals surface area contributed by atoms with Gasteiger partial charge in [0, 0.05) is 0 Å². The molecule has 0 radical (unpaired) electrons. The summed E-state index contributed by atoms with van der Waals surface area (Å²) in [6.07, 6.45) is 2.54. The number of carbonyl (C=O) groups excluding carboxylic acids is 1. The van der Waals surface area contributed by atoms with Crippen molar-refractivity contribution in [3.63, 3.8) is 0 Å². The summed E-state index contributed by atoms with van der Waals surface area (Å²) in [5, 5.41) is 2.63. The van der Waals surface area contributed by atoms with E-state index >= 15 is 0 Å². The van der Waals surface area contributed by atoms with Gasteiger partial charge in [-0.2, -0.15) is 0 Å². The lowest BCUT2D eigenvalue weighted by Crippen LogP contribution is -2.49. The van der Waals surface area contributed by atoms with Crippen LogP contribution in [0.15, 0.2) is 22.8 Å². The second kappa shape index (κ2) is 6.01. The molecule has 1 aromatic heterocycles. The van der Waals surface area contributed by atoms with E-state index in [0.29, 0.717) is 5.76 Å². The van der Waals surface area contributed by atoms with Gasteiger partial charge in [-0.25, -0.2) is 13.1 Å². The second-order valence-electron chi connectivity index (χ2n) is 4.41. The number of hydrogen-bond acceptors (Lipinski definition) is 4. The van der Waals surface area contributed by atoms with E-state index < -0.39 is 16.1 Å². The Morgan fingerprint density at radius 2 is 2.11 bits per heavy atom. The zero-order chi connectivity index (χ0) is 13.8. The Balaban J connectivity index is 2.60. The molecule has 0 aliphatic rings. The lowest BCUT2D eigenvalue weighted by atomic mass is 10.1. The fraction of sp³-hybridized carbons (Fsp3) is 0.545. The third-order valence-corrected chi connectivity index (χ3v) is 2.99. The maximum absolute atomic E-state index is 11.9. The van der Waals surface area contributed by atoms with Crippen molar-refractivity contribution in [2.24, 2.45) is 5.92 Å². The summed E-state index contributed by atoms with van der Waals surface area (Å²) < 4.78 is 29.7. The molecule has 2 N–H and O–H groups in total. The molecule has 0 fully saturated rings. The summed E-state index contributed by atoms with van der Waals surface area (Å²) >= 11 is 0. The Labute approximate surface area is 107 Å². The van der Waals surface area contributed by atoms with Gasteiger partial charge in [-0.05, 0) is 18.1 Å². The van der Waals surface area contributed by atoms with Gasteiger partial charge in [-0.3, -0.25) is 4.79 Å². The van der Waals surface area contributed by atoms with Crippen molar-refractivity contribution >= 4 is 15.9 Å². The molecule has 18 heavy (non-hydrogen) atoms. The van der Waals surface area contributed by atoms with Crippen molar-refractivity contribution < 1.29 is 17.6 Å². The van der Waals surface area contributed by atoms with Crippen LogP contribution in [0.1, 0.15) is 19.6 Å². The quantitative estimate of drug-likeness (QED) is 0.789. The molecule has 0 bridgehead atoms. The predicted octanol–water partition coefficient (Wildman–Crippen LogP) is 0.470. The van der Waals surface area contributed by atoms with Crippen LogP contribution in [0.3, 0.4) is 0 Å². The third-order valence-electron chi connectivity index (χ3n) is 2.31. The van der Waals surface area contributed by atoms with E-state index in [4.69, 9.17) is 4.42 Å². The van der Waals surface area contributed by atoms with E-state index in [0.717, 1.165) is 6.26 Å². The van der Waals surface area contributed by atoms with Crippen molar-refractivity contribution in [2.45, 2.75) is 26.4 Å². The summed E-state index contributed by atoms with van der Waals surface area (Å²) in [4.78, 5) is 11.9. The summed E-state index contributed by atoms with van der Waals surface area (Å²) in [7, 11) is -3.42. The first-order chi connectivity index (χ1) is 8.29. The molecular formula is C11H18N2O4S. The summed E-state index contributed by atoms with van der Waals surface area (Å²) in [6, 6.07) is 2.67. The van der Waals surface area contributed by atoms with E-state index in [-0.39, 0.29) is 18.4 Å². The standard InChI is InChI=1S/C11H18N2O4S/c1-8(2)10(13-18(3,15)16)11(14)12-7-9-5-4-6-17-9/h4-6,8,10,13H,7H2,1-3H3,(H,12,14)/t10-/m1/s1. The largest absolute Gasteiger partial charge is 0.467 e. The van der Waals surface area contributed by atoms with Gasteiger partial charge in [0.15, 0.2) is 0 Å². The van der Waals surface area contributed by atoms with Crippen molar-refractivity contribution in [1.82, 2.24) is 10.0 Å². The Morgan fingerprint density at radius 3 is 2.56 bits per heavy atom. The minimum Gasteiger partial charge on any atom is -0.467 e. The smallest absolute Gasteiger partial charge is 0.238 e. The Hall–Kier alpha value is -1.34. The maximum Gasteiger partial charge on any atom is 0.238 e. The summed E-state index contributed by atoms with van der Waals surface area (Å²) in [5.41, 5.74) is 0. The molecule has 1 heterocycles. The van der Waals surface area contributed by atoms with Gasteiger partial charge in [-0.1, -0.05) is 13.8 Å². The number of carbonyl (C=O) groups is 1. The molecular weight excluding hydrogens is 256 g/mol. The third kappa shape index (κ3) is 4.89. The van der Waals surface area contributed by atoms with Crippen LogP contribution in [0.5, 0.6) is 0 Å². The molecule has 6 nitrogen and oxygen atoms in total. The van der Waals surface area contributed by atoms with E-state index in [2.05, 4.69) is 10.0 Å². The minimum absolute atomic E-state index is 0.142. The number of sulfonamides is 1. The van der Waals surface area contributed by atoms with Gasteiger partial charge in [0.25, 0.3) is 0 Å². The molecule has 0 saturated heterocycles. The molecule has 0 aromatic carbocycles. The normalized spacial score (nSPS) is 13.6. The maximum atomic E-state index is 11.9. The highest BCUT2D eigenvalue weighted by molar-refractivity contribution is 7.88. The van der Waals surface area contributed by atoms with Gasteiger partial charge in [0.1, 0.15) is 11.8 Å². The lowest BCUT2D eigenvalue weighted by molar-refractivity contribution is -0.123. The van der Waals surface area contributed by atoms with Crippen LogP contribution < -0.4 is 10.0 Å². The first-order valence-electron chi connectivity index (χ1n) is 5.57. The number of hydrogen-bond donors (Lipinski definition) is 2. The monoisotopic (exact) mass is 274 g/mol. The second-order valence-corrected chi connectivity index (χ2v) is 6.19. The van der Waals surface area contributed by atoms with Gasteiger partial charge < -0.3 is 9.73 Å². The van der Waals surface area contributed by atoms with Crippen LogP contribution in [-0.2, 0) is 21.4 Å². The van der Waals surface area contributed by atoms with Crippen molar-refractivity contribution in [3.8, 4) is 0 Å². The molecule has 7 heteroatoms. The molecule has 102 valence electrons. The topological polar surface area (TPSA) is 88.4 Å². The van der Waals surface area contributed by atoms with Crippen molar-refractivity contribution in [2.75, 3.05) is 6.26 Å². The summed E-state index contributed by atoms with van der Waals surface area (Å²) in [5.74, 6) is 0.105. The highest BCUT2D eigenvalue weighted by Gasteiger charge is 2.25. The van der Waals surface area contributed by atoms with E-state index in [9.17, 15) is 13.2 Å². The highest BCUT2D eigenvalue weighted by atomic mass is 32.2. The van der Waals surface area contributed by atoms with Crippen LogP contribution in [0.25, 0.3) is 0 Å². The van der Waals surface area contributed by atoms with Crippen LogP contribution in [-0.4, -0.2) is 26.6 Å². The minimum atomic E-state index is -3.42. The highest BCUT2D eigenvalue weighted by Crippen LogP contribution is 2.04. The Kier molecular flexibility index (Phi) is 4.92. The van der Waals surface area contributed by atoms with Gasteiger partial charge >= 0.3 is 0 Å². The molecule has 1 rings (SSSR count). The molecule has 0 unspecified atom stereocenters. The molecule has 1 aromatic rings. The number of furan rings is 1. The number of amides is 1. The number of nitrogens with one attached hydrogen (secondary N) is 2. The molecule has 0 spiro atoms. The van der Waals surface area contributed by atoms with Gasteiger partial charge in [0.05, 0.1) is 19.1 Å². The molecule has 0 saturated carbocycles. The van der Waals surface area contributed by atoms with E-state index in [1.807, 2.05) is 0 Å². The average Bonchev–Trinajstić information content (AvgIpc) is 2.73. The zero-order valence-corrected chi connectivity index (χ0v) is 11.5.